The van der Waals surface area contributed by atoms with Crippen molar-refractivity contribution < 1.29 is 72.4 Å². The van der Waals surface area contributed by atoms with Gasteiger partial charge in [-0.1, -0.05) is 12.7 Å². The van der Waals surface area contributed by atoms with Crippen molar-refractivity contribution in [3.8, 4) is 11.5 Å². The highest BCUT2D eigenvalue weighted by molar-refractivity contribution is 5.58. The van der Waals surface area contributed by atoms with Crippen molar-refractivity contribution in [3.05, 3.63) is 30.3 Å². The van der Waals surface area contributed by atoms with Crippen LogP contribution in [0.3, 0.4) is 0 Å². The molecule has 0 aliphatic heterocycles. The van der Waals surface area contributed by atoms with E-state index in [0.29, 0.717) is 18.2 Å². The first-order valence-corrected chi connectivity index (χ1v) is 7.40. The first kappa shape index (κ1) is 26.7. The lowest BCUT2D eigenvalue weighted by molar-refractivity contribution is -0.433. The molecule has 0 radical (unpaired) electrons. The fourth-order valence-corrected chi connectivity index (χ4v) is 1.81. The lowest BCUT2D eigenvalue weighted by Crippen LogP contribution is -2.61. The molecule has 0 amide bonds. The van der Waals surface area contributed by atoms with Gasteiger partial charge in [-0.2, -0.15) is 52.7 Å². The normalized spacial score (nSPS) is 14.4. The molecule has 0 aliphatic carbocycles. The van der Waals surface area contributed by atoms with Gasteiger partial charge in [0.25, 0.3) is 5.60 Å². The molecule has 16 heteroatoms. The van der Waals surface area contributed by atoms with E-state index in [1.54, 1.807) is 0 Å². The fourth-order valence-electron chi connectivity index (χ4n) is 1.81. The van der Waals surface area contributed by atoms with Gasteiger partial charge in [0, 0.05) is 11.6 Å². The van der Waals surface area contributed by atoms with E-state index in [1.165, 1.54) is 0 Å². The van der Waals surface area contributed by atoms with E-state index in [2.05, 4.69) is 16.1 Å². The molecule has 0 atom stereocenters. The molecule has 178 valence electrons. The summed E-state index contributed by atoms with van der Waals surface area (Å²) in [4.78, 5) is 0. The summed E-state index contributed by atoms with van der Waals surface area (Å²) in [7, 11) is 0. The van der Waals surface area contributed by atoms with Gasteiger partial charge >= 0.3 is 30.5 Å². The number of hydrogen-bond donors (Lipinski definition) is 2. The molecule has 0 heterocycles. The third-order valence-corrected chi connectivity index (χ3v) is 3.62. The Morgan fingerprint density at radius 1 is 0.774 bits per heavy atom. The summed E-state index contributed by atoms with van der Waals surface area (Å²) in [5.41, 5.74) is -6.10. The number of halogens is 12. The maximum atomic E-state index is 12.8. The maximum absolute atomic E-state index is 12.8. The van der Waals surface area contributed by atoms with Crippen LogP contribution < -0.4 is 9.47 Å². The Morgan fingerprint density at radius 2 is 1.23 bits per heavy atom. The van der Waals surface area contributed by atoms with E-state index in [9.17, 15) is 52.7 Å². The van der Waals surface area contributed by atoms with Crippen molar-refractivity contribution in [2.75, 3.05) is 6.61 Å². The van der Waals surface area contributed by atoms with E-state index >= 15 is 0 Å². The smallest absolute Gasteiger partial charge is 0.465 e. The predicted molar refractivity (Wildman–Crippen MR) is 76.8 cm³/mol. The second kappa shape index (κ2) is 7.96. The SMILES string of the molecule is C=Cc1ccc(OCC(O)(C(F)(F)F)C(F)(F)F)cc1OC(O)(C(F)(F)F)C(F)(F)F. The van der Waals surface area contributed by atoms with Gasteiger partial charge in [-0.25, -0.2) is 0 Å². The summed E-state index contributed by atoms with van der Waals surface area (Å²) in [6.07, 6.45) is -24.9. The van der Waals surface area contributed by atoms with Gasteiger partial charge in [-0.15, -0.1) is 0 Å². The maximum Gasteiger partial charge on any atom is 0.465 e. The number of ether oxygens (including phenoxy) is 2. The van der Waals surface area contributed by atoms with E-state index in [1.807, 2.05) is 0 Å². The molecule has 1 aromatic rings. The number of hydrogen-bond acceptors (Lipinski definition) is 4. The molecule has 0 spiro atoms. The lowest BCUT2D eigenvalue weighted by Gasteiger charge is -2.33. The van der Waals surface area contributed by atoms with Crippen LogP contribution in [-0.2, 0) is 0 Å². The molecule has 4 nitrogen and oxygen atoms in total. The first-order valence-electron chi connectivity index (χ1n) is 7.40. The van der Waals surface area contributed by atoms with Crippen LogP contribution in [0.4, 0.5) is 52.7 Å². The van der Waals surface area contributed by atoms with Crippen molar-refractivity contribution in [1.82, 2.24) is 0 Å². The molecule has 0 fully saturated rings. The molecule has 0 saturated carbocycles. The average Bonchev–Trinajstić information content (AvgIpc) is 2.55. The molecule has 31 heavy (non-hydrogen) atoms. The molecular weight excluding hydrogens is 472 g/mol. The average molecular weight is 482 g/mol. The van der Waals surface area contributed by atoms with Crippen LogP contribution in [0, 0.1) is 0 Å². The Kier molecular flexibility index (Phi) is 6.85. The van der Waals surface area contributed by atoms with Crippen LogP contribution in [0.25, 0.3) is 6.08 Å². The van der Waals surface area contributed by atoms with Gasteiger partial charge in [0.2, 0.25) is 0 Å². The van der Waals surface area contributed by atoms with Crippen molar-refractivity contribution in [1.29, 1.82) is 0 Å². The van der Waals surface area contributed by atoms with Crippen LogP contribution in [0.15, 0.2) is 24.8 Å². The zero-order valence-corrected chi connectivity index (χ0v) is 14.5. The van der Waals surface area contributed by atoms with Crippen LogP contribution >= 0.6 is 0 Å². The Morgan fingerprint density at radius 3 is 1.58 bits per heavy atom. The van der Waals surface area contributed by atoms with Crippen LogP contribution in [0.2, 0.25) is 0 Å². The van der Waals surface area contributed by atoms with Crippen LogP contribution in [-0.4, -0.2) is 52.9 Å². The van der Waals surface area contributed by atoms with Gasteiger partial charge in [0.05, 0.1) is 0 Å². The molecule has 0 unspecified atom stereocenters. The first-order chi connectivity index (χ1) is 13.6. The topological polar surface area (TPSA) is 58.9 Å². The Labute approximate surface area is 164 Å². The highest BCUT2D eigenvalue weighted by Gasteiger charge is 2.74. The molecule has 0 aromatic heterocycles. The summed E-state index contributed by atoms with van der Waals surface area (Å²) >= 11 is 0. The van der Waals surface area contributed by atoms with Crippen LogP contribution in [0.1, 0.15) is 5.56 Å². The molecule has 2 N–H and O–H groups in total. The molecular formula is C15H10F12O4. The van der Waals surface area contributed by atoms with E-state index in [0.717, 1.165) is 0 Å². The molecule has 1 aromatic carbocycles. The predicted octanol–water partition coefficient (Wildman–Crippen LogP) is 4.76. The van der Waals surface area contributed by atoms with Gasteiger partial charge in [0.1, 0.15) is 18.1 Å². The monoisotopic (exact) mass is 482 g/mol. The summed E-state index contributed by atoms with van der Waals surface area (Å²) < 4.78 is 160. The summed E-state index contributed by atoms with van der Waals surface area (Å²) in [6.45, 7) is 0.463. The number of benzene rings is 1. The zero-order valence-electron chi connectivity index (χ0n) is 14.5. The standard InChI is InChI=1S/C15H10F12O4/c1-2-7-3-4-8(30-6-10(28,12(16,17)18)13(19,20)21)5-9(7)31-11(29,14(22,23)24)15(25,26)27/h2-5,28-29H,1,6H2. The summed E-state index contributed by atoms with van der Waals surface area (Å²) in [5.74, 6) is -8.47. The van der Waals surface area contributed by atoms with Gasteiger partial charge < -0.3 is 19.7 Å². The minimum absolute atomic E-state index is 0.0344. The quantitative estimate of drug-likeness (QED) is 0.454. The van der Waals surface area contributed by atoms with Crippen molar-refractivity contribution >= 4 is 6.08 Å². The summed E-state index contributed by atoms with van der Waals surface area (Å²) in [6, 6.07) is 1.13. The van der Waals surface area contributed by atoms with Gasteiger partial charge in [-0.05, 0) is 12.1 Å². The summed E-state index contributed by atoms with van der Waals surface area (Å²) in [5, 5.41) is 18.0. The van der Waals surface area contributed by atoms with Crippen molar-refractivity contribution in [2.45, 2.75) is 36.1 Å². The zero-order chi connectivity index (χ0) is 24.7. The molecule has 0 saturated heterocycles. The van der Waals surface area contributed by atoms with Crippen LogP contribution in [0.5, 0.6) is 11.5 Å². The Balaban J connectivity index is 3.37. The van der Waals surface area contributed by atoms with Crippen molar-refractivity contribution in [3.63, 3.8) is 0 Å². The molecule has 0 aliphatic rings. The molecule has 1 rings (SSSR count). The highest BCUT2D eigenvalue weighted by atomic mass is 19.4. The number of alkyl halides is 12. The van der Waals surface area contributed by atoms with E-state index in [4.69, 9.17) is 10.2 Å². The molecule has 0 bridgehead atoms. The number of rotatable bonds is 6. The lowest BCUT2D eigenvalue weighted by atomic mass is 10.0. The van der Waals surface area contributed by atoms with E-state index < -0.39 is 59.8 Å². The highest BCUT2D eigenvalue weighted by Crippen LogP contribution is 2.46. The largest absolute Gasteiger partial charge is 0.490 e. The van der Waals surface area contributed by atoms with Gasteiger partial charge in [0.15, 0.2) is 0 Å². The number of aliphatic hydroxyl groups is 2. The minimum atomic E-state index is -6.46. The minimum Gasteiger partial charge on any atom is -0.490 e. The Hall–Kier alpha value is -2.36. The van der Waals surface area contributed by atoms with E-state index in [-0.39, 0.29) is 6.07 Å². The fraction of sp³-hybridized carbons (Fsp3) is 0.467. The second-order valence-corrected chi connectivity index (χ2v) is 5.79. The third-order valence-electron chi connectivity index (χ3n) is 3.62. The third kappa shape index (κ3) is 5.11. The van der Waals surface area contributed by atoms with Gasteiger partial charge in [-0.3, -0.25) is 0 Å². The Bertz CT molecular complexity index is 763. The second-order valence-electron chi connectivity index (χ2n) is 5.79. The van der Waals surface area contributed by atoms with Crippen molar-refractivity contribution in [2.24, 2.45) is 0 Å².